The third-order valence-corrected chi connectivity index (χ3v) is 3.57. The Hall–Kier alpha value is -1.13. The first-order valence-electron chi connectivity index (χ1n) is 6.50. The summed E-state index contributed by atoms with van der Waals surface area (Å²) in [6.07, 6.45) is 1.25. The van der Waals surface area contributed by atoms with Crippen molar-refractivity contribution in [2.45, 2.75) is 39.0 Å². The van der Waals surface area contributed by atoms with Crippen LogP contribution in [0.2, 0.25) is 0 Å². The first-order valence-corrected chi connectivity index (χ1v) is 6.50. The average Bonchev–Trinajstić information content (AvgIpc) is 2.35. The van der Waals surface area contributed by atoms with Gasteiger partial charge in [0.1, 0.15) is 5.82 Å². The fourth-order valence-electron chi connectivity index (χ4n) is 2.42. The summed E-state index contributed by atoms with van der Waals surface area (Å²) in [6.45, 7) is 6.51. The Bertz CT molecular complexity index is 411. The molecule has 18 heavy (non-hydrogen) atoms. The fourth-order valence-corrected chi connectivity index (χ4v) is 2.42. The number of morpholine rings is 1. The third-order valence-electron chi connectivity index (χ3n) is 3.57. The lowest BCUT2D eigenvalue weighted by Crippen LogP contribution is -2.47. The molecule has 0 aromatic heterocycles. The number of nitrogen functional groups attached to an aromatic ring is 1. The SMILES string of the molecule is CCC1COC(C)CN1Cc1cccc(F)c1N. The summed E-state index contributed by atoms with van der Waals surface area (Å²) in [7, 11) is 0. The summed E-state index contributed by atoms with van der Waals surface area (Å²) >= 11 is 0. The molecular weight excluding hydrogens is 231 g/mol. The molecule has 2 rings (SSSR count). The molecule has 0 aliphatic carbocycles. The van der Waals surface area contributed by atoms with Crippen molar-refractivity contribution in [3.63, 3.8) is 0 Å². The lowest BCUT2D eigenvalue weighted by Gasteiger charge is -2.38. The minimum atomic E-state index is -0.332. The number of nitrogens with two attached hydrogens (primary N) is 1. The van der Waals surface area contributed by atoms with Gasteiger partial charge in [-0.25, -0.2) is 4.39 Å². The largest absolute Gasteiger partial charge is 0.396 e. The molecule has 1 aromatic carbocycles. The number of ether oxygens (including phenoxy) is 1. The van der Waals surface area contributed by atoms with Crippen molar-refractivity contribution in [1.82, 2.24) is 4.90 Å². The van der Waals surface area contributed by atoms with Crippen molar-refractivity contribution < 1.29 is 9.13 Å². The van der Waals surface area contributed by atoms with Crippen LogP contribution in [0.1, 0.15) is 25.8 Å². The number of halogens is 1. The smallest absolute Gasteiger partial charge is 0.146 e. The number of para-hydroxylation sites is 1. The van der Waals surface area contributed by atoms with Gasteiger partial charge in [0.2, 0.25) is 0 Å². The van der Waals surface area contributed by atoms with E-state index in [1.165, 1.54) is 6.07 Å². The van der Waals surface area contributed by atoms with Gasteiger partial charge in [0.05, 0.1) is 18.4 Å². The molecule has 100 valence electrons. The Morgan fingerprint density at radius 2 is 2.28 bits per heavy atom. The van der Waals surface area contributed by atoms with Crippen LogP contribution in [-0.2, 0) is 11.3 Å². The van der Waals surface area contributed by atoms with Crippen LogP contribution >= 0.6 is 0 Å². The van der Waals surface area contributed by atoms with E-state index >= 15 is 0 Å². The van der Waals surface area contributed by atoms with Crippen LogP contribution in [-0.4, -0.2) is 30.2 Å². The van der Waals surface area contributed by atoms with E-state index in [1.807, 2.05) is 6.07 Å². The van der Waals surface area contributed by atoms with Gasteiger partial charge in [-0.2, -0.15) is 0 Å². The zero-order chi connectivity index (χ0) is 13.1. The number of hydrogen-bond acceptors (Lipinski definition) is 3. The van der Waals surface area contributed by atoms with Crippen molar-refractivity contribution >= 4 is 5.69 Å². The van der Waals surface area contributed by atoms with Crippen LogP contribution in [0, 0.1) is 5.82 Å². The van der Waals surface area contributed by atoms with Crippen LogP contribution in [0.15, 0.2) is 18.2 Å². The van der Waals surface area contributed by atoms with Gasteiger partial charge >= 0.3 is 0 Å². The predicted molar refractivity (Wildman–Crippen MR) is 70.7 cm³/mol. The molecule has 2 N–H and O–H groups in total. The normalized spacial score (nSPS) is 25.3. The molecule has 0 saturated carbocycles. The molecule has 1 saturated heterocycles. The van der Waals surface area contributed by atoms with Gasteiger partial charge in [0.15, 0.2) is 0 Å². The molecule has 1 aliphatic heterocycles. The first-order chi connectivity index (χ1) is 8.61. The highest BCUT2D eigenvalue weighted by Gasteiger charge is 2.26. The quantitative estimate of drug-likeness (QED) is 0.840. The van der Waals surface area contributed by atoms with E-state index in [4.69, 9.17) is 10.5 Å². The van der Waals surface area contributed by atoms with Gasteiger partial charge in [-0.15, -0.1) is 0 Å². The molecular formula is C14H21FN2O. The minimum Gasteiger partial charge on any atom is -0.396 e. The summed E-state index contributed by atoms with van der Waals surface area (Å²) in [4.78, 5) is 2.33. The van der Waals surface area contributed by atoms with Crippen LogP contribution in [0.3, 0.4) is 0 Å². The topological polar surface area (TPSA) is 38.5 Å². The summed E-state index contributed by atoms with van der Waals surface area (Å²) in [6, 6.07) is 5.40. The number of hydrogen-bond donors (Lipinski definition) is 1. The maximum Gasteiger partial charge on any atom is 0.146 e. The number of anilines is 1. The van der Waals surface area contributed by atoms with E-state index in [2.05, 4.69) is 18.7 Å². The van der Waals surface area contributed by atoms with Crippen LogP contribution in [0.5, 0.6) is 0 Å². The van der Waals surface area contributed by atoms with Crippen molar-refractivity contribution in [3.05, 3.63) is 29.6 Å². The Labute approximate surface area is 108 Å². The first kappa shape index (κ1) is 13.3. The maximum atomic E-state index is 13.4. The number of rotatable bonds is 3. The van der Waals surface area contributed by atoms with Gasteiger partial charge in [0, 0.05) is 19.1 Å². The second-order valence-electron chi connectivity index (χ2n) is 4.95. The molecule has 0 amide bonds. The highest BCUT2D eigenvalue weighted by molar-refractivity contribution is 5.47. The van der Waals surface area contributed by atoms with Gasteiger partial charge in [-0.05, 0) is 25.0 Å². The molecule has 1 heterocycles. The molecule has 3 nitrogen and oxygen atoms in total. The van der Waals surface area contributed by atoms with Crippen molar-refractivity contribution in [2.24, 2.45) is 0 Å². The Morgan fingerprint density at radius 3 is 3.00 bits per heavy atom. The van der Waals surface area contributed by atoms with E-state index in [0.717, 1.165) is 25.1 Å². The second kappa shape index (κ2) is 5.67. The lowest BCUT2D eigenvalue weighted by atomic mass is 10.1. The molecule has 1 aromatic rings. The second-order valence-corrected chi connectivity index (χ2v) is 4.95. The molecule has 1 aliphatic rings. The van der Waals surface area contributed by atoms with Crippen molar-refractivity contribution in [2.75, 3.05) is 18.9 Å². The van der Waals surface area contributed by atoms with Gasteiger partial charge in [-0.3, -0.25) is 4.90 Å². The van der Waals surface area contributed by atoms with E-state index in [9.17, 15) is 4.39 Å². The minimum absolute atomic E-state index is 0.225. The Morgan fingerprint density at radius 1 is 1.50 bits per heavy atom. The van der Waals surface area contributed by atoms with Gasteiger partial charge in [0.25, 0.3) is 0 Å². The molecule has 0 spiro atoms. The molecule has 2 unspecified atom stereocenters. The van der Waals surface area contributed by atoms with Crippen LogP contribution < -0.4 is 5.73 Å². The Balaban J connectivity index is 2.13. The van der Waals surface area contributed by atoms with E-state index in [1.54, 1.807) is 6.07 Å². The van der Waals surface area contributed by atoms with E-state index in [0.29, 0.717) is 12.6 Å². The van der Waals surface area contributed by atoms with Crippen LogP contribution in [0.25, 0.3) is 0 Å². The highest BCUT2D eigenvalue weighted by atomic mass is 19.1. The summed E-state index contributed by atoms with van der Waals surface area (Å²) in [5, 5.41) is 0. The van der Waals surface area contributed by atoms with E-state index < -0.39 is 0 Å². The maximum absolute atomic E-state index is 13.4. The molecule has 2 atom stereocenters. The van der Waals surface area contributed by atoms with Gasteiger partial charge < -0.3 is 10.5 Å². The highest BCUT2D eigenvalue weighted by Crippen LogP contribution is 2.22. The number of benzene rings is 1. The molecule has 0 bridgehead atoms. The molecule has 0 radical (unpaired) electrons. The summed E-state index contributed by atoms with van der Waals surface area (Å²) in [5.41, 5.74) is 6.92. The van der Waals surface area contributed by atoms with Crippen molar-refractivity contribution in [1.29, 1.82) is 0 Å². The fraction of sp³-hybridized carbons (Fsp3) is 0.571. The van der Waals surface area contributed by atoms with Gasteiger partial charge in [-0.1, -0.05) is 19.1 Å². The standard InChI is InChI=1S/C14H21FN2O/c1-3-12-9-18-10(2)7-17(12)8-11-5-4-6-13(15)14(11)16/h4-6,10,12H,3,7-9,16H2,1-2H3. The molecule has 4 heteroatoms. The Kier molecular flexibility index (Phi) is 4.19. The number of nitrogens with zero attached hydrogens (tertiary/aromatic N) is 1. The lowest BCUT2D eigenvalue weighted by molar-refractivity contribution is -0.0591. The average molecular weight is 252 g/mol. The zero-order valence-corrected chi connectivity index (χ0v) is 11.0. The summed E-state index contributed by atoms with van der Waals surface area (Å²) in [5.74, 6) is -0.332. The van der Waals surface area contributed by atoms with Crippen molar-refractivity contribution in [3.8, 4) is 0 Å². The summed E-state index contributed by atoms with van der Waals surface area (Å²) < 4.78 is 19.1. The third kappa shape index (κ3) is 2.82. The monoisotopic (exact) mass is 252 g/mol. The zero-order valence-electron chi connectivity index (χ0n) is 11.0. The molecule has 1 fully saturated rings. The van der Waals surface area contributed by atoms with Crippen LogP contribution in [0.4, 0.5) is 10.1 Å². The van der Waals surface area contributed by atoms with E-state index in [-0.39, 0.29) is 17.6 Å². The predicted octanol–water partition coefficient (Wildman–Crippen LogP) is 2.41.